The van der Waals surface area contributed by atoms with Gasteiger partial charge in [0.25, 0.3) is 0 Å². The van der Waals surface area contributed by atoms with Crippen LogP contribution in [0.25, 0.3) is 0 Å². The second kappa shape index (κ2) is 4.29. The van der Waals surface area contributed by atoms with Gasteiger partial charge >= 0.3 is 12.1 Å². The molecule has 0 aliphatic heterocycles. The van der Waals surface area contributed by atoms with Gasteiger partial charge in [-0.05, 0) is 12.1 Å². The lowest BCUT2D eigenvalue weighted by atomic mass is 10.1. The highest BCUT2D eigenvalue weighted by Gasteiger charge is 2.34. The lowest BCUT2D eigenvalue weighted by Crippen LogP contribution is -2.10. The standard InChI is InChI=1S/C9H5ClF4O2/c1-16-8(15)4-2-6(10)5(3-7(4)11)9(12,13)14/h2-3H,1H3. The molecule has 0 N–H and O–H groups in total. The van der Waals surface area contributed by atoms with Gasteiger partial charge in [-0.2, -0.15) is 13.2 Å². The Morgan fingerprint density at radius 3 is 2.38 bits per heavy atom. The van der Waals surface area contributed by atoms with E-state index in [1.807, 2.05) is 0 Å². The molecule has 0 aliphatic rings. The van der Waals surface area contributed by atoms with Crippen LogP contribution >= 0.6 is 11.6 Å². The van der Waals surface area contributed by atoms with Gasteiger partial charge in [0.2, 0.25) is 0 Å². The zero-order chi connectivity index (χ0) is 12.5. The lowest BCUT2D eigenvalue weighted by Gasteiger charge is -2.10. The molecule has 0 atom stereocenters. The van der Waals surface area contributed by atoms with E-state index in [4.69, 9.17) is 11.6 Å². The lowest BCUT2D eigenvalue weighted by molar-refractivity contribution is -0.137. The third-order valence-electron chi connectivity index (χ3n) is 1.77. The summed E-state index contributed by atoms with van der Waals surface area (Å²) in [5.41, 5.74) is -1.97. The van der Waals surface area contributed by atoms with Gasteiger partial charge in [-0.3, -0.25) is 0 Å². The molecule has 16 heavy (non-hydrogen) atoms. The van der Waals surface area contributed by atoms with Crippen LogP contribution in [0.4, 0.5) is 17.6 Å². The zero-order valence-corrected chi connectivity index (χ0v) is 8.62. The van der Waals surface area contributed by atoms with Crippen LogP contribution in [0, 0.1) is 5.82 Å². The fourth-order valence-electron chi connectivity index (χ4n) is 1.03. The van der Waals surface area contributed by atoms with Crippen LogP contribution in [0.1, 0.15) is 15.9 Å². The molecule has 0 spiro atoms. The fourth-order valence-corrected chi connectivity index (χ4v) is 1.30. The number of carbonyl (C=O) groups is 1. The molecule has 88 valence electrons. The van der Waals surface area contributed by atoms with Crippen molar-refractivity contribution in [3.63, 3.8) is 0 Å². The summed E-state index contributed by atoms with van der Waals surface area (Å²) in [5.74, 6) is -2.42. The van der Waals surface area contributed by atoms with Crippen LogP contribution in [0.15, 0.2) is 12.1 Å². The first kappa shape index (κ1) is 12.8. The average molecular weight is 257 g/mol. The molecule has 0 amide bonds. The molecule has 2 nitrogen and oxygen atoms in total. The summed E-state index contributed by atoms with van der Waals surface area (Å²) < 4.78 is 54.1. The number of rotatable bonds is 1. The number of methoxy groups -OCH3 is 1. The van der Waals surface area contributed by atoms with Gasteiger partial charge in [-0.15, -0.1) is 0 Å². The fraction of sp³-hybridized carbons (Fsp3) is 0.222. The van der Waals surface area contributed by atoms with E-state index in [1.165, 1.54) is 0 Å². The Bertz CT molecular complexity index is 428. The van der Waals surface area contributed by atoms with Crippen molar-refractivity contribution < 1.29 is 27.1 Å². The SMILES string of the molecule is COC(=O)c1cc(Cl)c(C(F)(F)F)cc1F. The normalized spacial score (nSPS) is 11.4. The molecular weight excluding hydrogens is 252 g/mol. The van der Waals surface area contributed by atoms with Crippen molar-refractivity contribution in [2.24, 2.45) is 0 Å². The third kappa shape index (κ3) is 2.44. The van der Waals surface area contributed by atoms with E-state index in [0.717, 1.165) is 7.11 Å². The molecule has 0 fully saturated rings. The van der Waals surface area contributed by atoms with Gasteiger partial charge in [0, 0.05) is 0 Å². The molecular formula is C9H5ClF4O2. The summed E-state index contributed by atoms with van der Waals surface area (Å²) >= 11 is 5.29. The first-order valence-corrected chi connectivity index (χ1v) is 4.29. The van der Waals surface area contributed by atoms with Crippen LogP contribution in [-0.4, -0.2) is 13.1 Å². The molecule has 0 aromatic heterocycles. The molecule has 1 aromatic carbocycles. The zero-order valence-electron chi connectivity index (χ0n) is 7.86. The van der Waals surface area contributed by atoms with E-state index < -0.39 is 34.1 Å². The largest absolute Gasteiger partial charge is 0.465 e. The summed E-state index contributed by atoms with van der Waals surface area (Å²) in [7, 11) is 0.980. The number of esters is 1. The monoisotopic (exact) mass is 256 g/mol. The molecule has 0 bridgehead atoms. The maximum absolute atomic E-state index is 13.1. The van der Waals surface area contributed by atoms with Gasteiger partial charge in [-0.25, -0.2) is 9.18 Å². The number of hydrogen-bond donors (Lipinski definition) is 0. The number of carbonyl (C=O) groups excluding carboxylic acids is 1. The molecule has 1 rings (SSSR count). The second-order valence-electron chi connectivity index (χ2n) is 2.80. The number of hydrogen-bond acceptors (Lipinski definition) is 2. The minimum atomic E-state index is -4.77. The first-order valence-electron chi connectivity index (χ1n) is 3.92. The Kier molecular flexibility index (Phi) is 3.42. The number of benzene rings is 1. The van der Waals surface area contributed by atoms with Crippen molar-refractivity contribution in [2.45, 2.75) is 6.18 Å². The van der Waals surface area contributed by atoms with E-state index in [-0.39, 0.29) is 6.07 Å². The third-order valence-corrected chi connectivity index (χ3v) is 2.08. The predicted octanol–water partition coefficient (Wildman–Crippen LogP) is 3.28. The molecule has 0 saturated carbocycles. The summed E-state index contributed by atoms with van der Waals surface area (Å²) in [4.78, 5) is 10.9. The van der Waals surface area contributed by atoms with E-state index in [9.17, 15) is 22.4 Å². The van der Waals surface area contributed by atoms with E-state index in [1.54, 1.807) is 0 Å². The molecule has 0 radical (unpaired) electrons. The van der Waals surface area contributed by atoms with Gasteiger partial charge in [0.1, 0.15) is 5.82 Å². The van der Waals surface area contributed by atoms with Crippen molar-refractivity contribution in [1.29, 1.82) is 0 Å². The molecule has 0 unspecified atom stereocenters. The minimum absolute atomic E-state index is 0.161. The predicted molar refractivity (Wildman–Crippen MR) is 47.8 cm³/mol. The van der Waals surface area contributed by atoms with Crippen LogP contribution < -0.4 is 0 Å². The first-order chi connectivity index (χ1) is 7.27. The van der Waals surface area contributed by atoms with Crippen molar-refractivity contribution >= 4 is 17.6 Å². The van der Waals surface area contributed by atoms with Crippen molar-refractivity contribution in [3.05, 3.63) is 34.1 Å². The summed E-state index contributed by atoms with van der Waals surface area (Å²) in [6.45, 7) is 0. The van der Waals surface area contributed by atoms with E-state index in [2.05, 4.69) is 4.74 Å². The van der Waals surface area contributed by atoms with Gasteiger partial charge in [-0.1, -0.05) is 11.6 Å². The van der Waals surface area contributed by atoms with Gasteiger partial charge < -0.3 is 4.74 Å². The van der Waals surface area contributed by atoms with Crippen LogP contribution in [0.5, 0.6) is 0 Å². The van der Waals surface area contributed by atoms with E-state index >= 15 is 0 Å². The highest BCUT2D eigenvalue weighted by Crippen LogP contribution is 2.36. The Balaban J connectivity index is 3.33. The van der Waals surface area contributed by atoms with Gasteiger partial charge in [0.15, 0.2) is 0 Å². The minimum Gasteiger partial charge on any atom is -0.465 e. The highest BCUT2D eigenvalue weighted by atomic mass is 35.5. The van der Waals surface area contributed by atoms with Crippen LogP contribution in [0.2, 0.25) is 5.02 Å². The van der Waals surface area contributed by atoms with Crippen LogP contribution in [-0.2, 0) is 10.9 Å². The van der Waals surface area contributed by atoms with Gasteiger partial charge in [0.05, 0.1) is 23.3 Å². The highest BCUT2D eigenvalue weighted by molar-refractivity contribution is 6.31. The Morgan fingerprint density at radius 1 is 1.38 bits per heavy atom. The molecule has 7 heteroatoms. The summed E-state index contributed by atoms with van der Waals surface area (Å²) in [5, 5.41) is -0.755. The van der Waals surface area contributed by atoms with Crippen molar-refractivity contribution in [1.82, 2.24) is 0 Å². The van der Waals surface area contributed by atoms with Crippen molar-refractivity contribution in [2.75, 3.05) is 7.11 Å². The average Bonchev–Trinajstić information content (AvgIpc) is 2.18. The molecule has 1 aromatic rings. The quantitative estimate of drug-likeness (QED) is 0.569. The number of halogens is 5. The second-order valence-corrected chi connectivity index (χ2v) is 3.21. The smallest absolute Gasteiger partial charge is 0.417 e. The summed E-state index contributed by atoms with van der Waals surface area (Å²) in [6, 6.07) is 0.750. The molecule has 0 heterocycles. The maximum Gasteiger partial charge on any atom is 0.417 e. The summed E-state index contributed by atoms with van der Waals surface area (Å²) in [6.07, 6.45) is -4.77. The Hall–Kier alpha value is -1.30. The van der Waals surface area contributed by atoms with Crippen LogP contribution in [0.3, 0.4) is 0 Å². The maximum atomic E-state index is 13.1. The molecule has 0 saturated heterocycles. The number of alkyl halides is 3. The topological polar surface area (TPSA) is 26.3 Å². The Labute approximate surface area is 92.8 Å². The Morgan fingerprint density at radius 2 is 1.94 bits per heavy atom. The van der Waals surface area contributed by atoms with E-state index in [0.29, 0.717) is 6.07 Å². The number of ether oxygens (including phenoxy) is 1. The van der Waals surface area contributed by atoms with Crippen molar-refractivity contribution in [3.8, 4) is 0 Å². The molecule has 0 aliphatic carbocycles.